The highest BCUT2D eigenvalue weighted by molar-refractivity contribution is 6.30. The van der Waals surface area contributed by atoms with E-state index in [2.05, 4.69) is 5.32 Å². The summed E-state index contributed by atoms with van der Waals surface area (Å²) in [4.78, 5) is 12.2. The SMILES string of the molecule is NC1CCC(NC(=O)C2Cc3cc(Cl)ccc3O2)CC1. The Kier molecular flexibility index (Phi) is 3.85. The molecule has 0 saturated heterocycles. The van der Waals surface area contributed by atoms with Crippen molar-refractivity contribution < 1.29 is 9.53 Å². The van der Waals surface area contributed by atoms with Gasteiger partial charge in [-0.25, -0.2) is 0 Å². The maximum atomic E-state index is 12.2. The minimum absolute atomic E-state index is 0.0298. The van der Waals surface area contributed by atoms with Gasteiger partial charge in [0, 0.05) is 23.5 Å². The van der Waals surface area contributed by atoms with Gasteiger partial charge in [0.2, 0.25) is 0 Å². The second-order valence-electron chi connectivity index (χ2n) is 5.68. The zero-order chi connectivity index (χ0) is 14.1. The molecule has 2 aliphatic rings. The number of halogens is 1. The van der Waals surface area contributed by atoms with Crippen molar-refractivity contribution in [2.45, 2.75) is 50.3 Å². The van der Waals surface area contributed by atoms with E-state index < -0.39 is 6.10 Å². The topological polar surface area (TPSA) is 64.3 Å². The van der Waals surface area contributed by atoms with Gasteiger partial charge < -0.3 is 15.8 Å². The molecule has 0 aromatic heterocycles. The van der Waals surface area contributed by atoms with E-state index in [1.54, 1.807) is 6.07 Å². The standard InChI is InChI=1S/C15H19ClN2O2/c16-10-1-6-13-9(7-10)8-14(20-13)15(19)18-12-4-2-11(17)3-5-12/h1,6-7,11-12,14H,2-5,8,17H2,(H,18,19). The molecule has 1 amide bonds. The van der Waals surface area contributed by atoms with Gasteiger partial charge in [0.1, 0.15) is 5.75 Å². The Morgan fingerprint density at radius 1 is 1.30 bits per heavy atom. The number of carbonyl (C=O) groups excluding carboxylic acids is 1. The highest BCUT2D eigenvalue weighted by Crippen LogP contribution is 2.31. The summed E-state index contributed by atoms with van der Waals surface area (Å²) in [5.74, 6) is 0.734. The fraction of sp³-hybridized carbons (Fsp3) is 0.533. The molecule has 3 rings (SSSR count). The van der Waals surface area contributed by atoms with E-state index in [1.165, 1.54) is 0 Å². The van der Waals surface area contributed by atoms with Crippen LogP contribution in [0.15, 0.2) is 18.2 Å². The summed E-state index contributed by atoms with van der Waals surface area (Å²) in [6, 6.07) is 5.99. The van der Waals surface area contributed by atoms with Crippen molar-refractivity contribution in [1.82, 2.24) is 5.32 Å². The van der Waals surface area contributed by atoms with Gasteiger partial charge in [0.05, 0.1) is 0 Å². The third-order valence-corrected chi connectivity index (χ3v) is 4.34. The van der Waals surface area contributed by atoms with Crippen LogP contribution in [-0.4, -0.2) is 24.1 Å². The molecule has 1 heterocycles. The van der Waals surface area contributed by atoms with Crippen LogP contribution in [0.3, 0.4) is 0 Å². The van der Waals surface area contributed by atoms with Crippen molar-refractivity contribution in [3.8, 4) is 5.75 Å². The van der Waals surface area contributed by atoms with Crippen LogP contribution in [0, 0.1) is 0 Å². The predicted octanol–water partition coefficient (Wildman–Crippen LogP) is 2.03. The molecule has 1 aliphatic heterocycles. The molecular weight excluding hydrogens is 276 g/mol. The zero-order valence-electron chi connectivity index (χ0n) is 11.3. The molecule has 1 unspecified atom stereocenters. The normalized spacial score (nSPS) is 28.6. The number of ether oxygens (including phenoxy) is 1. The average molecular weight is 295 g/mol. The van der Waals surface area contributed by atoms with E-state index >= 15 is 0 Å². The first-order chi connectivity index (χ1) is 9.61. The van der Waals surface area contributed by atoms with Crippen molar-refractivity contribution in [2.24, 2.45) is 5.73 Å². The van der Waals surface area contributed by atoms with Crippen LogP contribution in [0.1, 0.15) is 31.2 Å². The van der Waals surface area contributed by atoms with Crippen LogP contribution in [0.25, 0.3) is 0 Å². The molecule has 1 fully saturated rings. The van der Waals surface area contributed by atoms with Crippen LogP contribution in [0.4, 0.5) is 0 Å². The van der Waals surface area contributed by atoms with E-state index in [0.29, 0.717) is 11.4 Å². The number of nitrogens with one attached hydrogen (secondary N) is 1. The largest absolute Gasteiger partial charge is 0.480 e. The van der Waals surface area contributed by atoms with Gasteiger partial charge in [0.15, 0.2) is 6.10 Å². The Hall–Kier alpha value is -1.26. The first kappa shape index (κ1) is 13.7. The lowest BCUT2D eigenvalue weighted by Crippen LogP contribution is -2.45. The Balaban J connectivity index is 1.57. The molecule has 108 valence electrons. The molecule has 1 atom stereocenters. The summed E-state index contributed by atoms with van der Waals surface area (Å²) < 4.78 is 5.69. The molecule has 1 saturated carbocycles. The number of nitrogens with two attached hydrogens (primary N) is 1. The number of amides is 1. The average Bonchev–Trinajstić information content (AvgIpc) is 2.84. The maximum Gasteiger partial charge on any atom is 0.261 e. The summed E-state index contributed by atoms with van der Waals surface area (Å²) in [7, 11) is 0. The van der Waals surface area contributed by atoms with Crippen molar-refractivity contribution in [3.05, 3.63) is 28.8 Å². The lowest BCUT2D eigenvalue weighted by atomic mass is 9.91. The minimum atomic E-state index is -0.431. The van der Waals surface area contributed by atoms with Crippen molar-refractivity contribution in [3.63, 3.8) is 0 Å². The van der Waals surface area contributed by atoms with Crippen LogP contribution >= 0.6 is 11.6 Å². The molecule has 1 aromatic rings. The summed E-state index contributed by atoms with van der Waals surface area (Å²) in [5.41, 5.74) is 6.87. The van der Waals surface area contributed by atoms with Crippen molar-refractivity contribution in [2.75, 3.05) is 0 Å². The first-order valence-electron chi connectivity index (χ1n) is 7.13. The summed E-state index contributed by atoms with van der Waals surface area (Å²) in [6.45, 7) is 0. The number of carbonyl (C=O) groups is 1. The third kappa shape index (κ3) is 2.91. The van der Waals surface area contributed by atoms with Gasteiger partial charge in [-0.2, -0.15) is 0 Å². The second kappa shape index (κ2) is 5.62. The second-order valence-corrected chi connectivity index (χ2v) is 6.12. The maximum absolute atomic E-state index is 12.2. The van der Waals surface area contributed by atoms with E-state index in [1.807, 2.05) is 12.1 Å². The molecule has 1 aromatic carbocycles. The number of benzene rings is 1. The smallest absolute Gasteiger partial charge is 0.261 e. The van der Waals surface area contributed by atoms with Crippen LogP contribution in [0.2, 0.25) is 5.02 Å². The van der Waals surface area contributed by atoms with Gasteiger partial charge in [-0.05, 0) is 49.4 Å². The number of rotatable bonds is 2. The molecule has 4 nitrogen and oxygen atoms in total. The monoisotopic (exact) mass is 294 g/mol. The predicted molar refractivity (Wildman–Crippen MR) is 77.9 cm³/mol. The number of hydrogen-bond acceptors (Lipinski definition) is 3. The fourth-order valence-corrected chi connectivity index (χ4v) is 3.12. The molecule has 5 heteroatoms. The third-order valence-electron chi connectivity index (χ3n) is 4.11. The van der Waals surface area contributed by atoms with Crippen LogP contribution in [0.5, 0.6) is 5.75 Å². The quantitative estimate of drug-likeness (QED) is 0.877. The molecule has 3 N–H and O–H groups in total. The van der Waals surface area contributed by atoms with E-state index in [4.69, 9.17) is 22.1 Å². The molecule has 1 aliphatic carbocycles. The fourth-order valence-electron chi connectivity index (χ4n) is 2.92. The number of fused-ring (bicyclic) bond motifs is 1. The summed E-state index contributed by atoms with van der Waals surface area (Å²) in [5, 5.41) is 3.75. The van der Waals surface area contributed by atoms with Crippen molar-refractivity contribution >= 4 is 17.5 Å². The van der Waals surface area contributed by atoms with Gasteiger partial charge in [-0.3, -0.25) is 4.79 Å². The van der Waals surface area contributed by atoms with Crippen LogP contribution in [-0.2, 0) is 11.2 Å². The molecule has 0 bridgehead atoms. The Bertz CT molecular complexity index is 513. The molecular formula is C15H19ClN2O2. The van der Waals surface area contributed by atoms with E-state index in [9.17, 15) is 4.79 Å². The van der Waals surface area contributed by atoms with E-state index in [0.717, 1.165) is 37.0 Å². The minimum Gasteiger partial charge on any atom is -0.480 e. The lowest BCUT2D eigenvalue weighted by molar-refractivity contribution is -0.128. The zero-order valence-corrected chi connectivity index (χ0v) is 12.0. The molecule has 20 heavy (non-hydrogen) atoms. The molecule has 0 spiro atoms. The Morgan fingerprint density at radius 3 is 2.80 bits per heavy atom. The Morgan fingerprint density at radius 2 is 2.05 bits per heavy atom. The van der Waals surface area contributed by atoms with Gasteiger partial charge >= 0.3 is 0 Å². The van der Waals surface area contributed by atoms with Crippen LogP contribution < -0.4 is 15.8 Å². The number of hydrogen-bond donors (Lipinski definition) is 2. The summed E-state index contributed by atoms with van der Waals surface area (Å²) >= 11 is 5.95. The Labute approximate surface area is 123 Å². The summed E-state index contributed by atoms with van der Waals surface area (Å²) in [6.07, 6.45) is 4.03. The first-order valence-corrected chi connectivity index (χ1v) is 7.50. The van der Waals surface area contributed by atoms with Gasteiger partial charge in [-0.15, -0.1) is 0 Å². The highest BCUT2D eigenvalue weighted by atomic mass is 35.5. The highest BCUT2D eigenvalue weighted by Gasteiger charge is 2.31. The van der Waals surface area contributed by atoms with Gasteiger partial charge in [-0.1, -0.05) is 11.6 Å². The van der Waals surface area contributed by atoms with Gasteiger partial charge in [0.25, 0.3) is 5.91 Å². The van der Waals surface area contributed by atoms with Crippen molar-refractivity contribution in [1.29, 1.82) is 0 Å². The van der Waals surface area contributed by atoms with E-state index in [-0.39, 0.29) is 18.0 Å². The molecule has 0 radical (unpaired) electrons. The lowest BCUT2D eigenvalue weighted by Gasteiger charge is -2.27.